The smallest absolute Gasteiger partial charge is 0.372 e. The van der Waals surface area contributed by atoms with Crippen LogP contribution in [0.5, 0.6) is 5.75 Å². The summed E-state index contributed by atoms with van der Waals surface area (Å²) in [6.07, 6.45) is 1.43. The van der Waals surface area contributed by atoms with E-state index in [9.17, 15) is 4.79 Å². The summed E-state index contributed by atoms with van der Waals surface area (Å²) in [6.45, 7) is -0.307. The Bertz CT molecular complexity index is 690. The fourth-order valence-corrected chi connectivity index (χ4v) is 2.18. The number of nitrogens with zero attached hydrogens (tertiary/aromatic N) is 1. The van der Waals surface area contributed by atoms with Crippen LogP contribution in [0.4, 0.5) is 0 Å². The molecule has 0 saturated carbocycles. The summed E-state index contributed by atoms with van der Waals surface area (Å²) in [5.41, 5.74) is 0.803. The molecule has 0 bridgehead atoms. The third kappa shape index (κ3) is 5.33. The number of ether oxygens (including phenoxy) is 1. The lowest BCUT2D eigenvalue weighted by atomic mass is 10.2. The number of halogens is 3. The molecule has 0 amide bonds. The van der Waals surface area contributed by atoms with Gasteiger partial charge in [0, 0.05) is 9.50 Å². The molecule has 0 spiro atoms. The highest BCUT2D eigenvalue weighted by molar-refractivity contribution is 9.10. The maximum absolute atomic E-state index is 11.5. The van der Waals surface area contributed by atoms with E-state index in [0.29, 0.717) is 15.8 Å². The van der Waals surface area contributed by atoms with E-state index in [-0.39, 0.29) is 6.61 Å². The molecule has 0 unspecified atom stereocenters. The van der Waals surface area contributed by atoms with Gasteiger partial charge in [0.15, 0.2) is 6.61 Å². The largest absolute Gasteiger partial charge is 0.480 e. The molecule has 0 aliphatic heterocycles. The summed E-state index contributed by atoms with van der Waals surface area (Å²) in [4.78, 5) is 16.2. The molecule has 2 rings (SSSR count). The highest BCUT2D eigenvalue weighted by Crippen LogP contribution is 2.27. The number of oxime groups is 1. The molecule has 0 fully saturated rings. The molecule has 0 radical (unpaired) electrons. The Morgan fingerprint density at radius 2 is 1.91 bits per heavy atom. The van der Waals surface area contributed by atoms with E-state index < -0.39 is 5.97 Å². The van der Waals surface area contributed by atoms with Crippen molar-refractivity contribution >= 4 is 51.3 Å². The first-order chi connectivity index (χ1) is 10.5. The molecule has 0 heterocycles. The number of carbonyl (C=O) groups is 1. The van der Waals surface area contributed by atoms with Crippen molar-refractivity contribution in [2.45, 2.75) is 0 Å². The van der Waals surface area contributed by atoms with Crippen molar-refractivity contribution in [3.05, 3.63) is 62.5 Å². The fraction of sp³-hybridized carbons (Fsp3) is 0.0667. The van der Waals surface area contributed by atoms with Crippen LogP contribution in [0.25, 0.3) is 0 Å². The summed E-state index contributed by atoms with van der Waals surface area (Å²) >= 11 is 15.0. The van der Waals surface area contributed by atoms with Crippen molar-refractivity contribution in [3.63, 3.8) is 0 Å². The Hall–Kier alpha value is -1.56. The topological polar surface area (TPSA) is 47.9 Å². The predicted octanol–water partition coefficient (Wildman–Crippen LogP) is 4.71. The van der Waals surface area contributed by atoms with E-state index in [4.69, 9.17) is 27.9 Å². The summed E-state index contributed by atoms with van der Waals surface area (Å²) in [7, 11) is 0. The van der Waals surface area contributed by atoms with Crippen LogP contribution in [0.15, 0.2) is 52.1 Å². The van der Waals surface area contributed by atoms with Crippen LogP contribution in [0.3, 0.4) is 0 Å². The van der Waals surface area contributed by atoms with Gasteiger partial charge >= 0.3 is 5.97 Å². The van der Waals surface area contributed by atoms with Gasteiger partial charge in [-0.25, -0.2) is 4.79 Å². The quantitative estimate of drug-likeness (QED) is 0.413. The molecule has 114 valence electrons. The van der Waals surface area contributed by atoms with Crippen molar-refractivity contribution in [3.8, 4) is 5.75 Å². The van der Waals surface area contributed by atoms with Crippen LogP contribution in [-0.4, -0.2) is 18.8 Å². The molecular weight excluding hydrogens is 393 g/mol. The average Bonchev–Trinajstić information content (AvgIpc) is 2.48. The van der Waals surface area contributed by atoms with Gasteiger partial charge in [0.25, 0.3) is 0 Å². The van der Waals surface area contributed by atoms with Crippen LogP contribution in [-0.2, 0) is 9.63 Å². The Balaban J connectivity index is 1.81. The zero-order chi connectivity index (χ0) is 15.9. The standard InChI is InChI=1S/C15H10BrCl2NO3/c16-11-3-1-10(2-4-11)8-19-22-15(20)9-21-14-6-5-12(17)7-13(14)18/h1-8H,9H2/b19-8+. The number of benzene rings is 2. The first-order valence-corrected chi connectivity index (χ1v) is 7.66. The van der Waals surface area contributed by atoms with Gasteiger partial charge in [0.1, 0.15) is 5.75 Å². The molecule has 0 saturated heterocycles. The van der Waals surface area contributed by atoms with Gasteiger partial charge in [0.2, 0.25) is 0 Å². The van der Waals surface area contributed by atoms with E-state index in [2.05, 4.69) is 25.9 Å². The zero-order valence-corrected chi connectivity index (χ0v) is 14.2. The first-order valence-electron chi connectivity index (χ1n) is 6.11. The van der Waals surface area contributed by atoms with E-state index in [1.54, 1.807) is 12.1 Å². The van der Waals surface area contributed by atoms with Crippen molar-refractivity contribution in [2.75, 3.05) is 6.61 Å². The number of hydrogen-bond acceptors (Lipinski definition) is 4. The second-order valence-corrected chi connectivity index (χ2v) is 5.87. The molecule has 7 heteroatoms. The second-order valence-electron chi connectivity index (χ2n) is 4.11. The minimum Gasteiger partial charge on any atom is -0.480 e. The fourth-order valence-electron chi connectivity index (χ4n) is 1.45. The van der Waals surface area contributed by atoms with Gasteiger partial charge in [-0.3, -0.25) is 0 Å². The molecule has 2 aromatic carbocycles. The van der Waals surface area contributed by atoms with E-state index in [1.807, 2.05) is 24.3 Å². The van der Waals surface area contributed by atoms with Crippen LogP contribution < -0.4 is 4.74 Å². The van der Waals surface area contributed by atoms with Gasteiger partial charge in [-0.15, -0.1) is 0 Å². The SMILES string of the molecule is O=C(COc1ccc(Cl)cc1Cl)O/N=C/c1ccc(Br)cc1. The van der Waals surface area contributed by atoms with Gasteiger partial charge in [0.05, 0.1) is 11.2 Å². The van der Waals surface area contributed by atoms with Gasteiger partial charge < -0.3 is 9.57 Å². The third-order valence-electron chi connectivity index (χ3n) is 2.47. The summed E-state index contributed by atoms with van der Waals surface area (Å²) in [5.74, 6) is -0.292. The van der Waals surface area contributed by atoms with Crippen LogP contribution in [0, 0.1) is 0 Å². The Morgan fingerprint density at radius 1 is 1.18 bits per heavy atom. The molecule has 0 aromatic heterocycles. The molecule has 2 aromatic rings. The maximum atomic E-state index is 11.5. The zero-order valence-electron chi connectivity index (χ0n) is 11.1. The van der Waals surface area contributed by atoms with Crippen LogP contribution in [0.1, 0.15) is 5.56 Å². The minimum atomic E-state index is -0.639. The Kier molecular flexibility index (Phi) is 6.24. The number of carbonyl (C=O) groups excluding carboxylic acids is 1. The minimum absolute atomic E-state index is 0.307. The lowest BCUT2D eigenvalue weighted by molar-refractivity contribution is -0.145. The lowest BCUT2D eigenvalue weighted by Crippen LogP contribution is -2.12. The second kappa shape index (κ2) is 8.17. The Morgan fingerprint density at radius 3 is 2.59 bits per heavy atom. The van der Waals surface area contributed by atoms with Crippen LogP contribution in [0.2, 0.25) is 10.0 Å². The number of hydrogen-bond donors (Lipinski definition) is 0. The molecule has 0 atom stereocenters. The van der Waals surface area contributed by atoms with E-state index >= 15 is 0 Å². The Labute approximate surface area is 145 Å². The highest BCUT2D eigenvalue weighted by atomic mass is 79.9. The van der Waals surface area contributed by atoms with Crippen molar-refractivity contribution in [2.24, 2.45) is 5.16 Å². The van der Waals surface area contributed by atoms with Crippen LogP contribution >= 0.6 is 39.1 Å². The normalized spacial score (nSPS) is 10.7. The van der Waals surface area contributed by atoms with E-state index in [1.165, 1.54) is 12.3 Å². The van der Waals surface area contributed by atoms with Crippen molar-refractivity contribution in [1.82, 2.24) is 0 Å². The summed E-state index contributed by atoms with van der Waals surface area (Å²) in [5, 5.41) is 4.40. The summed E-state index contributed by atoms with van der Waals surface area (Å²) < 4.78 is 6.18. The first kappa shape index (κ1) is 16.8. The van der Waals surface area contributed by atoms with Crippen molar-refractivity contribution in [1.29, 1.82) is 0 Å². The average molecular weight is 403 g/mol. The molecule has 0 aliphatic rings. The molecule has 0 aliphatic carbocycles. The van der Waals surface area contributed by atoms with Gasteiger partial charge in [-0.1, -0.05) is 56.4 Å². The van der Waals surface area contributed by atoms with Crippen molar-refractivity contribution < 1.29 is 14.4 Å². The van der Waals surface area contributed by atoms with E-state index in [0.717, 1.165) is 10.0 Å². The molecular formula is C15H10BrCl2NO3. The monoisotopic (exact) mass is 401 g/mol. The maximum Gasteiger partial charge on any atom is 0.372 e. The molecule has 22 heavy (non-hydrogen) atoms. The van der Waals surface area contributed by atoms with Gasteiger partial charge in [-0.2, -0.15) is 0 Å². The molecule has 4 nitrogen and oxygen atoms in total. The highest BCUT2D eigenvalue weighted by Gasteiger charge is 2.07. The molecule has 0 N–H and O–H groups in total. The number of rotatable bonds is 5. The third-order valence-corrected chi connectivity index (χ3v) is 3.52. The van der Waals surface area contributed by atoms with Gasteiger partial charge in [-0.05, 0) is 35.9 Å². The summed E-state index contributed by atoms with van der Waals surface area (Å²) in [6, 6.07) is 12.1. The lowest BCUT2D eigenvalue weighted by Gasteiger charge is -2.06. The predicted molar refractivity (Wildman–Crippen MR) is 89.8 cm³/mol.